The van der Waals surface area contributed by atoms with Gasteiger partial charge in [0.25, 0.3) is 0 Å². The van der Waals surface area contributed by atoms with E-state index in [4.69, 9.17) is 4.74 Å². The van der Waals surface area contributed by atoms with Crippen LogP contribution in [0.5, 0.6) is 5.75 Å². The summed E-state index contributed by atoms with van der Waals surface area (Å²) in [5.41, 5.74) is 3.17. The highest BCUT2D eigenvalue weighted by atomic mass is 16.5. The molecule has 0 radical (unpaired) electrons. The Balaban J connectivity index is 2.01. The molecule has 0 amide bonds. The van der Waals surface area contributed by atoms with Gasteiger partial charge in [0, 0.05) is 18.1 Å². The number of aromatic nitrogens is 2. The van der Waals surface area contributed by atoms with Crippen LogP contribution >= 0.6 is 0 Å². The summed E-state index contributed by atoms with van der Waals surface area (Å²) in [5.74, 6) is 0.903. The van der Waals surface area contributed by atoms with Gasteiger partial charge in [-0.3, -0.25) is 9.97 Å². The molecule has 0 saturated heterocycles. The van der Waals surface area contributed by atoms with Crippen LogP contribution in [0.2, 0.25) is 0 Å². The molecule has 1 N–H and O–H groups in total. The van der Waals surface area contributed by atoms with E-state index in [2.05, 4.69) is 22.2 Å². The molecule has 0 spiro atoms. The molecule has 2 aromatic rings. The molecule has 0 saturated carbocycles. The number of hydrogen-bond donors (Lipinski definition) is 1. The second-order valence-electron chi connectivity index (χ2n) is 3.96. The van der Waals surface area contributed by atoms with Crippen LogP contribution in [0.25, 0.3) is 0 Å². The van der Waals surface area contributed by atoms with Gasteiger partial charge in [0.15, 0.2) is 0 Å². The molecule has 0 bridgehead atoms. The van der Waals surface area contributed by atoms with Crippen molar-refractivity contribution in [2.45, 2.75) is 20.4 Å². The maximum atomic E-state index is 5.45. The molecule has 1 aromatic carbocycles. The van der Waals surface area contributed by atoms with Gasteiger partial charge in [-0.1, -0.05) is 0 Å². The normalized spacial score (nSPS) is 10.1. The molecule has 18 heavy (non-hydrogen) atoms. The fourth-order valence-electron chi connectivity index (χ4n) is 1.70. The van der Waals surface area contributed by atoms with Gasteiger partial charge in [-0.05, 0) is 37.6 Å². The van der Waals surface area contributed by atoms with Gasteiger partial charge in [0.1, 0.15) is 5.75 Å². The quantitative estimate of drug-likeness (QED) is 0.877. The summed E-state index contributed by atoms with van der Waals surface area (Å²) < 4.78 is 5.45. The number of nitrogens with one attached hydrogen (secondary N) is 1. The van der Waals surface area contributed by atoms with Crippen molar-refractivity contribution >= 4 is 5.69 Å². The van der Waals surface area contributed by atoms with Crippen LogP contribution in [0, 0.1) is 6.92 Å². The van der Waals surface area contributed by atoms with Gasteiger partial charge in [-0.25, -0.2) is 0 Å². The highest BCUT2D eigenvalue weighted by Crippen LogP contribution is 2.21. The Hall–Kier alpha value is -2.10. The number of benzene rings is 1. The minimum atomic E-state index is 0.669. The molecule has 94 valence electrons. The van der Waals surface area contributed by atoms with Crippen LogP contribution in [-0.2, 0) is 6.54 Å². The van der Waals surface area contributed by atoms with E-state index >= 15 is 0 Å². The molecule has 1 aromatic heterocycles. The molecule has 4 nitrogen and oxygen atoms in total. The minimum absolute atomic E-state index is 0.669. The topological polar surface area (TPSA) is 47.0 Å². The lowest BCUT2D eigenvalue weighted by molar-refractivity contribution is 0.340. The van der Waals surface area contributed by atoms with Crippen molar-refractivity contribution in [3.63, 3.8) is 0 Å². The predicted octanol–water partition coefficient (Wildman–Crippen LogP) is 2.80. The summed E-state index contributed by atoms with van der Waals surface area (Å²) in [5, 5.41) is 3.34. The average molecular weight is 243 g/mol. The van der Waals surface area contributed by atoms with Crippen molar-refractivity contribution in [1.82, 2.24) is 9.97 Å². The lowest BCUT2D eigenvalue weighted by Gasteiger charge is -2.11. The summed E-state index contributed by atoms with van der Waals surface area (Å²) in [6.45, 7) is 5.39. The van der Waals surface area contributed by atoms with Gasteiger partial charge in [0.2, 0.25) is 0 Å². The van der Waals surface area contributed by atoms with E-state index in [0.717, 1.165) is 22.7 Å². The molecular formula is C14H17N3O. The van der Waals surface area contributed by atoms with E-state index in [1.54, 1.807) is 18.6 Å². The van der Waals surface area contributed by atoms with Gasteiger partial charge < -0.3 is 10.1 Å². The summed E-state index contributed by atoms with van der Waals surface area (Å²) in [6, 6.07) is 6.02. The van der Waals surface area contributed by atoms with Crippen LogP contribution in [-0.4, -0.2) is 16.6 Å². The molecular weight excluding hydrogens is 226 g/mol. The maximum absolute atomic E-state index is 5.45. The molecule has 0 aliphatic carbocycles. The van der Waals surface area contributed by atoms with Gasteiger partial charge in [-0.15, -0.1) is 0 Å². The van der Waals surface area contributed by atoms with Crippen LogP contribution < -0.4 is 10.1 Å². The first kappa shape index (κ1) is 12.4. The van der Waals surface area contributed by atoms with E-state index in [1.165, 1.54) is 0 Å². The molecule has 2 rings (SSSR count). The Morgan fingerprint density at radius 2 is 2.17 bits per heavy atom. The van der Waals surface area contributed by atoms with Gasteiger partial charge >= 0.3 is 0 Å². The van der Waals surface area contributed by atoms with Crippen molar-refractivity contribution in [1.29, 1.82) is 0 Å². The monoisotopic (exact) mass is 243 g/mol. The van der Waals surface area contributed by atoms with Crippen LogP contribution in [0.1, 0.15) is 18.2 Å². The summed E-state index contributed by atoms with van der Waals surface area (Å²) in [7, 11) is 0. The smallest absolute Gasteiger partial charge is 0.119 e. The first-order valence-electron chi connectivity index (χ1n) is 6.02. The maximum Gasteiger partial charge on any atom is 0.119 e. The Morgan fingerprint density at radius 3 is 2.83 bits per heavy atom. The second-order valence-corrected chi connectivity index (χ2v) is 3.96. The highest BCUT2D eigenvalue weighted by molar-refractivity contribution is 5.53. The molecule has 1 heterocycles. The number of hydrogen-bond acceptors (Lipinski definition) is 4. The lowest BCUT2D eigenvalue weighted by Crippen LogP contribution is -2.03. The van der Waals surface area contributed by atoms with E-state index in [9.17, 15) is 0 Å². The number of rotatable bonds is 5. The Labute approximate surface area is 107 Å². The van der Waals surface area contributed by atoms with Crippen LogP contribution in [0.15, 0.2) is 36.8 Å². The zero-order valence-corrected chi connectivity index (χ0v) is 10.7. The zero-order chi connectivity index (χ0) is 12.8. The van der Waals surface area contributed by atoms with Crippen molar-refractivity contribution in [2.24, 2.45) is 0 Å². The number of ether oxygens (including phenoxy) is 1. The summed E-state index contributed by atoms with van der Waals surface area (Å²) >= 11 is 0. The highest BCUT2D eigenvalue weighted by Gasteiger charge is 2.01. The number of aryl methyl sites for hydroxylation is 1. The zero-order valence-electron chi connectivity index (χ0n) is 10.7. The fraction of sp³-hybridized carbons (Fsp3) is 0.286. The Bertz CT molecular complexity index is 500. The van der Waals surface area contributed by atoms with Gasteiger partial charge in [0.05, 0.1) is 25.0 Å². The summed E-state index contributed by atoms with van der Waals surface area (Å²) in [4.78, 5) is 8.26. The van der Waals surface area contributed by atoms with Crippen molar-refractivity contribution in [3.05, 3.63) is 48.0 Å². The van der Waals surface area contributed by atoms with Crippen molar-refractivity contribution < 1.29 is 4.74 Å². The Kier molecular flexibility index (Phi) is 4.12. The molecule has 0 fully saturated rings. The van der Waals surface area contributed by atoms with Crippen LogP contribution in [0.4, 0.5) is 5.69 Å². The average Bonchev–Trinajstić information content (AvgIpc) is 2.39. The van der Waals surface area contributed by atoms with Crippen LogP contribution in [0.3, 0.4) is 0 Å². The van der Waals surface area contributed by atoms with Crippen molar-refractivity contribution in [3.8, 4) is 5.75 Å². The standard InChI is InChI=1S/C14H17N3O/c1-3-18-13-4-5-14(11(2)8-13)17-10-12-9-15-6-7-16-12/h4-9,17H,3,10H2,1-2H3. The van der Waals surface area contributed by atoms with Gasteiger partial charge in [-0.2, -0.15) is 0 Å². The summed E-state index contributed by atoms with van der Waals surface area (Å²) in [6.07, 6.45) is 5.13. The van der Waals surface area contributed by atoms with E-state index < -0.39 is 0 Å². The molecule has 0 aliphatic heterocycles. The molecule has 0 atom stereocenters. The number of anilines is 1. The predicted molar refractivity (Wildman–Crippen MR) is 71.7 cm³/mol. The molecule has 4 heteroatoms. The third-order valence-electron chi connectivity index (χ3n) is 2.59. The third kappa shape index (κ3) is 3.20. The minimum Gasteiger partial charge on any atom is -0.494 e. The third-order valence-corrected chi connectivity index (χ3v) is 2.59. The van der Waals surface area contributed by atoms with Crippen molar-refractivity contribution in [2.75, 3.05) is 11.9 Å². The molecule has 0 aliphatic rings. The Morgan fingerprint density at radius 1 is 1.28 bits per heavy atom. The van der Waals surface area contributed by atoms with E-state index in [-0.39, 0.29) is 0 Å². The first-order valence-corrected chi connectivity index (χ1v) is 6.02. The van der Waals surface area contributed by atoms with E-state index in [0.29, 0.717) is 13.2 Å². The first-order chi connectivity index (χ1) is 8.79. The second kappa shape index (κ2) is 6.00. The molecule has 0 unspecified atom stereocenters. The SMILES string of the molecule is CCOc1ccc(NCc2cnccn2)c(C)c1. The number of nitrogens with zero attached hydrogens (tertiary/aromatic N) is 2. The van der Waals surface area contributed by atoms with E-state index in [1.807, 2.05) is 25.1 Å². The fourth-order valence-corrected chi connectivity index (χ4v) is 1.70. The lowest BCUT2D eigenvalue weighted by atomic mass is 10.2. The largest absolute Gasteiger partial charge is 0.494 e.